The predicted octanol–water partition coefficient (Wildman–Crippen LogP) is -0.105. The van der Waals surface area contributed by atoms with E-state index < -0.39 is 6.04 Å². The summed E-state index contributed by atoms with van der Waals surface area (Å²) in [5.74, 6) is 0.814. The van der Waals surface area contributed by atoms with Crippen LogP contribution in [0.5, 0.6) is 0 Å². The third-order valence-electron chi connectivity index (χ3n) is 2.49. The van der Waals surface area contributed by atoms with Gasteiger partial charge in [0, 0.05) is 26.1 Å². The number of amides is 1. The van der Waals surface area contributed by atoms with Crippen LogP contribution in [-0.4, -0.2) is 42.2 Å². The summed E-state index contributed by atoms with van der Waals surface area (Å²) in [6.07, 6.45) is 0.624. The smallest absolute Gasteiger partial charge is 0.252 e. The second-order valence-electron chi connectivity index (χ2n) is 4.08. The molecule has 106 valence electrons. The van der Waals surface area contributed by atoms with Crippen LogP contribution in [0.15, 0.2) is 10.9 Å². The molecule has 0 aliphatic heterocycles. The quantitative estimate of drug-likeness (QED) is 0.600. The monoisotopic (exact) mass is 268 g/mol. The minimum atomic E-state index is -0.476. The molecule has 0 radical (unpaired) electrons. The Morgan fingerprint density at radius 2 is 2.32 bits per heavy atom. The number of nitrogens with zero attached hydrogens (tertiary/aromatic N) is 1. The van der Waals surface area contributed by atoms with Gasteiger partial charge in [-0.15, -0.1) is 0 Å². The lowest BCUT2D eigenvalue weighted by Crippen LogP contribution is -2.39. The molecule has 1 unspecified atom stereocenters. The number of aryl methyl sites for hydroxylation is 1. The van der Waals surface area contributed by atoms with Gasteiger partial charge in [-0.1, -0.05) is 6.92 Å². The third kappa shape index (κ3) is 5.09. The maximum atomic E-state index is 11.7. The molecule has 1 amide bonds. The van der Waals surface area contributed by atoms with Crippen LogP contribution in [0.3, 0.4) is 0 Å². The number of carbonyl (C=O) groups excluding carboxylic acids is 1. The van der Waals surface area contributed by atoms with E-state index >= 15 is 0 Å². The second kappa shape index (κ2) is 7.52. The fourth-order valence-electron chi connectivity index (χ4n) is 1.47. The minimum Gasteiger partial charge on any atom is -0.383 e. The highest BCUT2D eigenvalue weighted by Crippen LogP contribution is 2.02. The van der Waals surface area contributed by atoms with Crippen molar-refractivity contribution in [2.24, 2.45) is 0 Å². The van der Waals surface area contributed by atoms with Crippen LogP contribution in [0.25, 0.3) is 0 Å². The number of rotatable bonds is 7. The molecule has 0 aromatic carbocycles. The Morgan fingerprint density at radius 1 is 1.58 bits per heavy atom. The summed E-state index contributed by atoms with van der Waals surface area (Å²) < 4.78 is 4.84. The van der Waals surface area contributed by atoms with Gasteiger partial charge in [0.25, 0.3) is 5.56 Å². The van der Waals surface area contributed by atoms with E-state index in [1.165, 1.54) is 6.07 Å². The van der Waals surface area contributed by atoms with Crippen molar-refractivity contribution in [2.45, 2.75) is 26.3 Å². The predicted molar refractivity (Wildman–Crippen MR) is 72.2 cm³/mol. The van der Waals surface area contributed by atoms with Crippen molar-refractivity contribution in [1.29, 1.82) is 0 Å². The summed E-state index contributed by atoms with van der Waals surface area (Å²) in [5.41, 5.74) is -0.235. The summed E-state index contributed by atoms with van der Waals surface area (Å²) >= 11 is 0. The number of methoxy groups -OCH3 is 1. The zero-order chi connectivity index (χ0) is 14.3. The molecule has 1 aromatic heterocycles. The number of aromatic amines is 1. The molecule has 1 aromatic rings. The Morgan fingerprint density at radius 3 is 2.95 bits per heavy atom. The molecule has 7 heteroatoms. The number of hydrogen-bond acceptors (Lipinski definition) is 5. The van der Waals surface area contributed by atoms with Crippen molar-refractivity contribution in [2.75, 3.05) is 25.6 Å². The van der Waals surface area contributed by atoms with Crippen LogP contribution < -0.4 is 16.2 Å². The fourth-order valence-corrected chi connectivity index (χ4v) is 1.47. The molecular formula is C12H20N4O3. The largest absolute Gasteiger partial charge is 0.383 e. The van der Waals surface area contributed by atoms with Crippen LogP contribution in [-0.2, 0) is 16.0 Å². The first-order chi connectivity index (χ1) is 9.06. The Balaban J connectivity index is 2.60. The van der Waals surface area contributed by atoms with Gasteiger partial charge in [-0.05, 0) is 6.92 Å². The molecule has 0 bridgehead atoms. The van der Waals surface area contributed by atoms with E-state index in [9.17, 15) is 9.59 Å². The highest BCUT2D eigenvalue weighted by molar-refractivity contribution is 5.83. The first kappa shape index (κ1) is 15.2. The van der Waals surface area contributed by atoms with Gasteiger partial charge in [0.15, 0.2) is 0 Å². The Hall–Kier alpha value is -1.89. The van der Waals surface area contributed by atoms with Gasteiger partial charge in [-0.2, -0.15) is 0 Å². The van der Waals surface area contributed by atoms with E-state index in [1.807, 2.05) is 6.92 Å². The molecule has 0 spiro atoms. The van der Waals surface area contributed by atoms with Crippen molar-refractivity contribution < 1.29 is 9.53 Å². The zero-order valence-electron chi connectivity index (χ0n) is 11.4. The Kier molecular flexibility index (Phi) is 6.01. The molecule has 0 fully saturated rings. The van der Waals surface area contributed by atoms with Crippen molar-refractivity contribution in [1.82, 2.24) is 15.3 Å². The van der Waals surface area contributed by atoms with Crippen LogP contribution in [0.4, 0.5) is 5.82 Å². The van der Waals surface area contributed by atoms with E-state index in [0.717, 1.165) is 0 Å². The number of aromatic nitrogens is 2. The Labute approximate surface area is 111 Å². The van der Waals surface area contributed by atoms with Gasteiger partial charge in [-0.3, -0.25) is 9.59 Å². The molecule has 3 N–H and O–H groups in total. The molecular weight excluding hydrogens is 248 g/mol. The molecule has 0 saturated heterocycles. The van der Waals surface area contributed by atoms with Gasteiger partial charge in [-0.25, -0.2) is 4.98 Å². The molecule has 1 rings (SSSR count). The van der Waals surface area contributed by atoms with Gasteiger partial charge < -0.3 is 20.4 Å². The SMILES string of the molecule is CCc1nc(NC(C)C(=O)NCCOC)cc(=O)[nH]1. The topological polar surface area (TPSA) is 96.1 Å². The molecule has 0 aliphatic rings. The summed E-state index contributed by atoms with van der Waals surface area (Å²) in [5, 5.41) is 5.61. The molecule has 0 aliphatic carbocycles. The van der Waals surface area contributed by atoms with Gasteiger partial charge in [0.2, 0.25) is 5.91 Å². The van der Waals surface area contributed by atoms with E-state index in [-0.39, 0.29) is 11.5 Å². The molecule has 19 heavy (non-hydrogen) atoms. The van der Waals surface area contributed by atoms with Crippen LogP contribution in [0, 0.1) is 0 Å². The van der Waals surface area contributed by atoms with E-state index in [4.69, 9.17) is 4.74 Å². The first-order valence-electron chi connectivity index (χ1n) is 6.20. The Bertz CT molecular complexity index is 472. The molecule has 0 saturated carbocycles. The maximum absolute atomic E-state index is 11.7. The second-order valence-corrected chi connectivity index (χ2v) is 4.08. The zero-order valence-corrected chi connectivity index (χ0v) is 11.4. The highest BCUT2D eigenvalue weighted by Gasteiger charge is 2.13. The van der Waals surface area contributed by atoms with Gasteiger partial charge in [0.05, 0.1) is 6.61 Å². The van der Waals surface area contributed by atoms with Crippen LogP contribution >= 0.6 is 0 Å². The van der Waals surface area contributed by atoms with E-state index in [0.29, 0.717) is 31.2 Å². The summed E-state index contributed by atoms with van der Waals surface area (Å²) in [6, 6.07) is 0.855. The van der Waals surface area contributed by atoms with Gasteiger partial charge in [0.1, 0.15) is 17.7 Å². The summed E-state index contributed by atoms with van der Waals surface area (Å²) in [6.45, 7) is 4.51. The number of hydrogen-bond donors (Lipinski definition) is 3. The van der Waals surface area contributed by atoms with E-state index in [1.54, 1.807) is 14.0 Å². The standard InChI is InChI=1S/C12H20N4O3/c1-4-9-15-10(7-11(17)16-9)14-8(2)12(18)13-5-6-19-3/h7-8H,4-6H2,1-3H3,(H,13,18)(H2,14,15,16,17). The number of anilines is 1. The van der Waals surface area contributed by atoms with Crippen molar-refractivity contribution >= 4 is 11.7 Å². The minimum absolute atomic E-state index is 0.169. The van der Waals surface area contributed by atoms with Crippen molar-refractivity contribution in [3.63, 3.8) is 0 Å². The average molecular weight is 268 g/mol. The number of carbonyl (C=O) groups is 1. The van der Waals surface area contributed by atoms with Gasteiger partial charge >= 0.3 is 0 Å². The molecule has 7 nitrogen and oxygen atoms in total. The number of H-pyrrole nitrogens is 1. The number of nitrogens with one attached hydrogen (secondary N) is 3. The fraction of sp³-hybridized carbons (Fsp3) is 0.583. The summed E-state index contributed by atoms with van der Waals surface area (Å²) in [7, 11) is 1.57. The number of ether oxygens (including phenoxy) is 1. The third-order valence-corrected chi connectivity index (χ3v) is 2.49. The normalized spacial score (nSPS) is 11.9. The lowest BCUT2D eigenvalue weighted by molar-refractivity contribution is -0.121. The lowest BCUT2D eigenvalue weighted by atomic mass is 10.3. The van der Waals surface area contributed by atoms with Crippen LogP contribution in [0.1, 0.15) is 19.7 Å². The lowest BCUT2D eigenvalue weighted by Gasteiger charge is -2.14. The maximum Gasteiger partial charge on any atom is 0.252 e. The van der Waals surface area contributed by atoms with Crippen molar-refractivity contribution in [3.05, 3.63) is 22.2 Å². The van der Waals surface area contributed by atoms with E-state index in [2.05, 4.69) is 20.6 Å². The first-order valence-corrected chi connectivity index (χ1v) is 6.20. The van der Waals surface area contributed by atoms with Crippen LogP contribution in [0.2, 0.25) is 0 Å². The highest BCUT2D eigenvalue weighted by atomic mass is 16.5. The van der Waals surface area contributed by atoms with Crippen molar-refractivity contribution in [3.8, 4) is 0 Å². The molecule has 1 heterocycles. The summed E-state index contributed by atoms with van der Waals surface area (Å²) in [4.78, 5) is 29.9. The molecule has 1 atom stereocenters. The average Bonchev–Trinajstić information content (AvgIpc) is 2.38.